The quantitative estimate of drug-likeness (QED) is 0.377. The van der Waals surface area contributed by atoms with Gasteiger partial charge in [0.15, 0.2) is 5.82 Å². The van der Waals surface area contributed by atoms with Gasteiger partial charge in [0.25, 0.3) is 0 Å². The van der Waals surface area contributed by atoms with Gasteiger partial charge in [0.1, 0.15) is 23.9 Å². The number of nitrogens with one attached hydrogen (secondary N) is 2. The molecule has 2 aromatic carbocycles. The Morgan fingerprint density at radius 3 is 2.26 bits per heavy atom. The Bertz CT molecular complexity index is 1140. The average molecular weight is 411 g/mol. The zero-order valence-corrected chi connectivity index (χ0v) is 16.7. The molecule has 31 heavy (non-hydrogen) atoms. The van der Waals surface area contributed by atoms with E-state index in [-0.39, 0.29) is 0 Å². The second kappa shape index (κ2) is 9.49. The maximum atomic E-state index is 7.88. The lowest BCUT2D eigenvalue weighted by molar-refractivity contribution is 0.305. The molecule has 0 spiro atoms. The molecule has 7 nitrogen and oxygen atoms in total. The van der Waals surface area contributed by atoms with E-state index in [1.165, 1.54) is 6.21 Å². The van der Waals surface area contributed by atoms with E-state index < -0.39 is 0 Å². The van der Waals surface area contributed by atoms with Crippen molar-refractivity contribution in [2.75, 3.05) is 0 Å². The molecule has 0 fully saturated rings. The van der Waals surface area contributed by atoms with Crippen molar-refractivity contribution in [2.24, 2.45) is 0 Å². The van der Waals surface area contributed by atoms with Gasteiger partial charge >= 0.3 is 0 Å². The normalized spacial score (nSPS) is 10.5. The number of benzene rings is 2. The second-order valence-corrected chi connectivity index (χ2v) is 6.75. The van der Waals surface area contributed by atoms with E-state index in [2.05, 4.69) is 10.1 Å². The summed E-state index contributed by atoms with van der Waals surface area (Å²) in [5.41, 5.74) is 2.16. The highest BCUT2D eigenvalue weighted by molar-refractivity contribution is 6.04. The minimum absolute atomic E-state index is 0.326. The lowest BCUT2D eigenvalue weighted by Crippen LogP contribution is -2.00. The fourth-order valence-electron chi connectivity index (χ4n) is 2.89. The molecule has 2 N–H and O–H groups in total. The molecule has 0 unspecified atom stereocenters. The molecule has 0 aliphatic rings. The molecule has 2 aromatic heterocycles. The summed E-state index contributed by atoms with van der Waals surface area (Å²) < 4.78 is 13.4. The van der Waals surface area contributed by atoms with Gasteiger partial charge in [0.2, 0.25) is 0 Å². The van der Waals surface area contributed by atoms with E-state index in [1.807, 2.05) is 72.9 Å². The molecule has 4 rings (SSSR count). The highest BCUT2D eigenvalue weighted by Gasteiger charge is 2.04. The Morgan fingerprint density at radius 1 is 0.935 bits per heavy atom. The summed E-state index contributed by atoms with van der Waals surface area (Å²) >= 11 is 0. The zero-order chi connectivity index (χ0) is 21.5. The van der Waals surface area contributed by atoms with E-state index in [1.54, 1.807) is 17.1 Å². The van der Waals surface area contributed by atoms with Crippen LogP contribution in [0.15, 0.2) is 85.3 Å². The predicted molar refractivity (Wildman–Crippen MR) is 119 cm³/mol. The van der Waals surface area contributed by atoms with Crippen LogP contribution < -0.4 is 9.47 Å². The number of nitrogens with zero attached hydrogens (tertiary/aromatic N) is 3. The topological polar surface area (TPSA) is 96.9 Å². The van der Waals surface area contributed by atoms with Crippen molar-refractivity contribution in [1.82, 2.24) is 14.8 Å². The van der Waals surface area contributed by atoms with Gasteiger partial charge in [-0.15, -0.1) is 0 Å². The smallest absolute Gasteiger partial charge is 0.153 e. The van der Waals surface area contributed by atoms with Crippen LogP contribution in [0, 0.1) is 10.8 Å². The van der Waals surface area contributed by atoms with Gasteiger partial charge in [0, 0.05) is 42.5 Å². The highest BCUT2D eigenvalue weighted by Crippen LogP contribution is 2.25. The summed E-state index contributed by atoms with van der Waals surface area (Å²) in [4.78, 5) is 4.40. The molecule has 0 saturated heterocycles. The molecule has 0 aliphatic heterocycles. The van der Waals surface area contributed by atoms with E-state index in [9.17, 15) is 0 Å². The van der Waals surface area contributed by atoms with Gasteiger partial charge in [-0.05, 0) is 66.2 Å². The molecule has 7 heteroatoms. The van der Waals surface area contributed by atoms with Gasteiger partial charge in [-0.3, -0.25) is 0 Å². The fourth-order valence-corrected chi connectivity index (χ4v) is 2.89. The van der Waals surface area contributed by atoms with Gasteiger partial charge in [-0.2, -0.15) is 5.10 Å². The molecule has 0 bridgehead atoms. The van der Waals surface area contributed by atoms with Crippen LogP contribution in [0.2, 0.25) is 0 Å². The first kappa shape index (κ1) is 20.0. The van der Waals surface area contributed by atoms with Crippen molar-refractivity contribution in [2.45, 2.75) is 13.0 Å². The SMILES string of the molecule is N=CCC(=N)c1ccc(Oc2ccc(OCc3ccc(-n4cccn4)nc3)cc2)cc1. The Labute approximate surface area is 179 Å². The monoisotopic (exact) mass is 411 g/mol. The summed E-state index contributed by atoms with van der Waals surface area (Å²) in [6, 6.07) is 20.4. The van der Waals surface area contributed by atoms with Gasteiger partial charge in [-0.25, -0.2) is 9.67 Å². The Morgan fingerprint density at radius 2 is 1.65 bits per heavy atom. The van der Waals surface area contributed by atoms with E-state index >= 15 is 0 Å². The maximum absolute atomic E-state index is 7.88. The van der Waals surface area contributed by atoms with Crippen LogP contribution in [0.4, 0.5) is 0 Å². The lowest BCUT2D eigenvalue weighted by Gasteiger charge is -2.09. The molecule has 0 atom stereocenters. The number of ether oxygens (including phenoxy) is 2. The average Bonchev–Trinajstić information content (AvgIpc) is 3.35. The summed E-state index contributed by atoms with van der Waals surface area (Å²) in [6.45, 7) is 0.412. The Hall–Kier alpha value is -4.26. The van der Waals surface area contributed by atoms with E-state index in [0.29, 0.717) is 30.2 Å². The number of hydrogen-bond acceptors (Lipinski definition) is 6. The highest BCUT2D eigenvalue weighted by atomic mass is 16.5. The van der Waals surface area contributed by atoms with Gasteiger partial charge < -0.3 is 20.3 Å². The Balaban J connectivity index is 1.31. The molecule has 154 valence electrons. The van der Waals surface area contributed by atoms with Crippen LogP contribution in [0.1, 0.15) is 17.5 Å². The van der Waals surface area contributed by atoms with E-state index in [0.717, 1.165) is 22.7 Å². The zero-order valence-electron chi connectivity index (χ0n) is 16.7. The first-order chi connectivity index (χ1) is 15.2. The third-order valence-corrected chi connectivity index (χ3v) is 4.52. The van der Waals surface area contributed by atoms with Crippen molar-refractivity contribution in [1.29, 1.82) is 10.8 Å². The van der Waals surface area contributed by atoms with Crippen molar-refractivity contribution in [3.8, 4) is 23.1 Å². The largest absolute Gasteiger partial charge is 0.489 e. The van der Waals surface area contributed by atoms with Crippen LogP contribution >= 0.6 is 0 Å². The minimum atomic E-state index is 0.326. The first-order valence-corrected chi connectivity index (χ1v) is 9.74. The van der Waals surface area contributed by atoms with Gasteiger partial charge in [-0.1, -0.05) is 6.07 Å². The molecule has 0 saturated carbocycles. The van der Waals surface area contributed by atoms with Crippen LogP contribution in [0.3, 0.4) is 0 Å². The Kier molecular flexibility index (Phi) is 6.13. The molecule has 0 aliphatic carbocycles. The molecular formula is C24H21N5O2. The lowest BCUT2D eigenvalue weighted by atomic mass is 10.1. The first-order valence-electron chi connectivity index (χ1n) is 9.74. The molecular weight excluding hydrogens is 390 g/mol. The predicted octanol–water partition coefficient (Wildman–Crippen LogP) is 5.05. The molecule has 4 aromatic rings. The summed E-state index contributed by atoms with van der Waals surface area (Å²) in [5, 5.41) is 19.1. The minimum Gasteiger partial charge on any atom is -0.489 e. The standard InChI is InChI=1S/C24H21N5O2/c25-13-12-23(26)19-3-5-21(6-4-19)31-22-9-7-20(8-10-22)30-17-18-2-11-24(27-16-18)29-15-1-14-28-29/h1-11,13-16,25-26H,12,17H2. The maximum Gasteiger partial charge on any atom is 0.153 e. The molecule has 2 heterocycles. The van der Waals surface area contributed by atoms with Crippen molar-refractivity contribution < 1.29 is 9.47 Å². The second-order valence-electron chi connectivity index (χ2n) is 6.75. The number of pyridine rings is 1. The summed E-state index contributed by atoms with van der Waals surface area (Å²) in [5.74, 6) is 2.87. The molecule has 0 radical (unpaired) electrons. The van der Waals surface area contributed by atoms with E-state index in [4.69, 9.17) is 20.3 Å². The van der Waals surface area contributed by atoms with Gasteiger partial charge in [0.05, 0.1) is 0 Å². The summed E-state index contributed by atoms with van der Waals surface area (Å²) in [7, 11) is 0. The van der Waals surface area contributed by atoms with Crippen molar-refractivity contribution >= 4 is 11.9 Å². The van der Waals surface area contributed by atoms with Crippen LogP contribution in [-0.2, 0) is 6.61 Å². The fraction of sp³-hybridized carbons (Fsp3) is 0.0833. The van der Waals surface area contributed by atoms with Crippen LogP contribution in [0.25, 0.3) is 5.82 Å². The third kappa shape index (κ3) is 5.22. The van der Waals surface area contributed by atoms with Crippen LogP contribution in [0.5, 0.6) is 17.2 Å². The number of aromatic nitrogens is 3. The number of hydrogen-bond donors (Lipinski definition) is 2. The number of rotatable bonds is 9. The van der Waals surface area contributed by atoms with Crippen molar-refractivity contribution in [3.05, 3.63) is 96.4 Å². The molecule has 0 amide bonds. The van der Waals surface area contributed by atoms with Crippen molar-refractivity contribution in [3.63, 3.8) is 0 Å². The van der Waals surface area contributed by atoms with Crippen LogP contribution in [-0.4, -0.2) is 26.7 Å². The summed E-state index contributed by atoms with van der Waals surface area (Å²) in [6.07, 6.45) is 6.89. The third-order valence-electron chi connectivity index (χ3n) is 4.52.